The lowest BCUT2D eigenvalue weighted by molar-refractivity contribution is 0.405. The lowest BCUT2D eigenvalue weighted by Crippen LogP contribution is -2.17. The van der Waals surface area contributed by atoms with E-state index in [4.69, 9.17) is 0 Å². The van der Waals surface area contributed by atoms with Crippen LogP contribution in [0.2, 0.25) is 0 Å². The second-order valence-electron chi connectivity index (χ2n) is 7.91. The van der Waals surface area contributed by atoms with Crippen molar-refractivity contribution in [2.24, 2.45) is 0 Å². The molecule has 0 atom stereocenters. The van der Waals surface area contributed by atoms with E-state index in [1.54, 1.807) is 0 Å². The minimum atomic E-state index is 0.735. The normalized spacial score (nSPS) is 11.1. The summed E-state index contributed by atoms with van der Waals surface area (Å²) in [5.41, 5.74) is 1.01. The van der Waals surface area contributed by atoms with Gasteiger partial charge < -0.3 is 15.5 Å². The topological polar surface area (TPSA) is 53.1 Å². The number of hydrogen-bond acceptors (Lipinski definition) is 5. The van der Waals surface area contributed by atoms with Gasteiger partial charge in [-0.05, 0) is 40.4 Å². The SMILES string of the molecule is CCCCCCCCCCCCNc1cc(C)nc(NCCCN(C)C)n1. The number of nitrogens with one attached hydrogen (secondary N) is 2. The van der Waals surface area contributed by atoms with E-state index in [0.717, 1.165) is 43.5 Å². The molecule has 2 N–H and O–H groups in total. The third kappa shape index (κ3) is 13.5. The van der Waals surface area contributed by atoms with Crippen molar-refractivity contribution in [3.8, 4) is 0 Å². The molecule has 0 aliphatic rings. The molecule has 0 saturated carbocycles. The number of rotatable bonds is 17. The molecule has 156 valence electrons. The van der Waals surface area contributed by atoms with Crippen LogP contribution in [0.25, 0.3) is 0 Å². The Labute approximate surface area is 167 Å². The first-order valence-corrected chi connectivity index (χ1v) is 11.1. The van der Waals surface area contributed by atoms with Crippen LogP contribution in [0, 0.1) is 6.92 Å². The summed E-state index contributed by atoms with van der Waals surface area (Å²) in [5.74, 6) is 1.67. The molecule has 5 heteroatoms. The van der Waals surface area contributed by atoms with E-state index in [9.17, 15) is 0 Å². The van der Waals surface area contributed by atoms with Gasteiger partial charge in [0.2, 0.25) is 5.95 Å². The number of aromatic nitrogens is 2. The predicted molar refractivity (Wildman–Crippen MR) is 119 cm³/mol. The highest BCUT2D eigenvalue weighted by molar-refractivity contribution is 5.42. The molecule has 1 rings (SSSR count). The first-order valence-electron chi connectivity index (χ1n) is 11.1. The standard InChI is InChI=1S/C22H43N5/c1-5-6-7-8-9-10-11-12-13-14-16-23-21-19-20(2)25-22(26-21)24-17-15-18-27(3)4/h19H,5-18H2,1-4H3,(H2,23,24,25,26). The van der Waals surface area contributed by atoms with Gasteiger partial charge in [0, 0.05) is 24.8 Å². The van der Waals surface area contributed by atoms with Crippen LogP contribution in [-0.4, -0.2) is 48.6 Å². The summed E-state index contributed by atoms with van der Waals surface area (Å²) in [6, 6.07) is 2.03. The number of aryl methyl sites for hydroxylation is 1. The third-order valence-electron chi connectivity index (χ3n) is 4.76. The van der Waals surface area contributed by atoms with Gasteiger partial charge in [0.15, 0.2) is 0 Å². The van der Waals surface area contributed by atoms with E-state index in [-0.39, 0.29) is 0 Å². The third-order valence-corrected chi connectivity index (χ3v) is 4.76. The maximum atomic E-state index is 4.59. The zero-order valence-electron chi connectivity index (χ0n) is 18.3. The molecule has 1 heterocycles. The van der Waals surface area contributed by atoms with Crippen LogP contribution in [0.15, 0.2) is 6.07 Å². The zero-order chi connectivity index (χ0) is 19.7. The highest BCUT2D eigenvalue weighted by Crippen LogP contribution is 2.12. The fourth-order valence-corrected chi connectivity index (χ4v) is 3.16. The molecular formula is C22H43N5. The second kappa shape index (κ2) is 15.7. The summed E-state index contributed by atoms with van der Waals surface area (Å²) < 4.78 is 0. The minimum Gasteiger partial charge on any atom is -0.370 e. The number of hydrogen-bond donors (Lipinski definition) is 2. The minimum absolute atomic E-state index is 0.735. The van der Waals surface area contributed by atoms with Gasteiger partial charge in [0.25, 0.3) is 0 Å². The quantitative estimate of drug-likeness (QED) is 0.352. The maximum absolute atomic E-state index is 4.59. The Kier molecular flexibility index (Phi) is 13.7. The lowest BCUT2D eigenvalue weighted by Gasteiger charge is -2.11. The first-order chi connectivity index (χ1) is 13.1. The lowest BCUT2D eigenvalue weighted by atomic mass is 10.1. The highest BCUT2D eigenvalue weighted by atomic mass is 15.1. The average Bonchev–Trinajstić information content (AvgIpc) is 2.63. The smallest absolute Gasteiger partial charge is 0.224 e. The van der Waals surface area contributed by atoms with Crippen LogP contribution < -0.4 is 10.6 Å². The van der Waals surface area contributed by atoms with Gasteiger partial charge in [-0.2, -0.15) is 4.98 Å². The Morgan fingerprint density at radius 1 is 0.778 bits per heavy atom. The maximum Gasteiger partial charge on any atom is 0.224 e. The molecule has 0 bridgehead atoms. The molecule has 1 aromatic heterocycles. The van der Waals surface area contributed by atoms with Crippen LogP contribution in [0.3, 0.4) is 0 Å². The van der Waals surface area contributed by atoms with Crippen molar-refractivity contribution >= 4 is 11.8 Å². The van der Waals surface area contributed by atoms with E-state index in [1.807, 2.05) is 13.0 Å². The summed E-state index contributed by atoms with van der Waals surface area (Å²) in [6.45, 7) is 7.27. The van der Waals surface area contributed by atoms with Gasteiger partial charge in [0.05, 0.1) is 0 Å². The van der Waals surface area contributed by atoms with Crippen LogP contribution in [0.4, 0.5) is 11.8 Å². The summed E-state index contributed by atoms with van der Waals surface area (Å²) in [5, 5.41) is 6.80. The van der Waals surface area contributed by atoms with Gasteiger partial charge in [-0.3, -0.25) is 0 Å². The van der Waals surface area contributed by atoms with E-state index < -0.39 is 0 Å². The summed E-state index contributed by atoms with van der Waals surface area (Å²) in [7, 11) is 4.19. The molecule has 0 aromatic carbocycles. The molecule has 0 radical (unpaired) electrons. The van der Waals surface area contributed by atoms with Crippen molar-refractivity contribution in [2.75, 3.05) is 44.4 Å². The highest BCUT2D eigenvalue weighted by Gasteiger charge is 2.02. The summed E-state index contributed by atoms with van der Waals surface area (Å²) >= 11 is 0. The molecular weight excluding hydrogens is 334 g/mol. The van der Waals surface area contributed by atoms with Gasteiger partial charge in [-0.1, -0.05) is 64.7 Å². The predicted octanol–water partition coefficient (Wildman–Crippen LogP) is 5.48. The van der Waals surface area contributed by atoms with Gasteiger partial charge in [0.1, 0.15) is 5.82 Å². The van der Waals surface area contributed by atoms with Crippen LogP contribution in [0.5, 0.6) is 0 Å². The summed E-state index contributed by atoms with van der Waals surface area (Å²) in [4.78, 5) is 11.3. The van der Waals surface area contributed by atoms with E-state index in [0.29, 0.717) is 0 Å². The van der Waals surface area contributed by atoms with Crippen molar-refractivity contribution in [3.05, 3.63) is 11.8 Å². The molecule has 0 amide bonds. The Balaban J connectivity index is 2.10. The largest absolute Gasteiger partial charge is 0.370 e. The van der Waals surface area contributed by atoms with Crippen molar-refractivity contribution in [1.82, 2.24) is 14.9 Å². The molecule has 0 saturated heterocycles. The van der Waals surface area contributed by atoms with Gasteiger partial charge in [-0.25, -0.2) is 4.98 Å². The van der Waals surface area contributed by atoms with Crippen LogP contribution >= 0.6 is 0 Å². The number of nitrogens with zero attached hydrogens (tertiary/aromatic N) is 3. The monoisotopic (exact) mass is 377 g/mol. The molecule has 1 aromatic rings. The Hall–Kier alpha value is -1.36. The number of unbranched alkanes of at least 4 members (excludes halogenated alkanes) is 9. The van der Waals surface area contributed by atoms with Crippen molar-refractivity contribution in [1.29, 1.82) is 0 Å². The Morgan fingerprint density at radius 2 is 1.37 bits per heavy atom. The molecule has 0 aliphatic carbocycles. The summed E-state index contributed by atoms with van der Waals surface area (Å²) in [6.07, 6.45) is 14.8. The molecule has 0 fully saturated rings. The van der Waals surface area contributed by atoms with E-state index in [2.05, 4.69) is 46.5 Å². The van der Waals surface area contributed by atoms with Crippen LogP contribution in [0.1, 0.15) is 83.2 Å². The van der Waals surface area contributed by atoms with Crippen LogP contribution in [-0.2, 0) is 0 Å². The first kappa shape index (κ1) is 23.7. The Bertz CT molecular complexity index is 476. The fraction of sp³-hybridized carbons (Fsp3) is 0.818. The average molecular weight is 378 g/mol. The molecule has 0 spiro atoms. The fourth-order valence-electron chi connectivity index (χ4n) is 3.16. The van der Waals surface area contributed by atoms with Gasteiger partial charge >= 0.3 is 0 Å². The molecule has 0 aliphatic heterocycles. The zero-order valence-corrected chi connectivity index (χ0v) is 18.3. The van der Waals surface area contributed by atoms with E-state index >= 15 is 0 Å². The van der Waals surface area contributed by atoms with Gasteiger partial charge in [-0.15, -0.1) is 0 Å². The molecule has 5 nitrogen and oxygen atoms in total. The van der Waals surface area contributed by atoms with E-state index in [1.165, 1.54) is 64.2 Å². The molecule has 27 heavy (non-hydrogen) atoms. The Morgan fingerprint density at radius 3 is 2.00 bits per heavy atom. The second-order valence-corrected chi connectivity index (χ2v) is 7.91. The van der Waals surface area contributed by atoms with Crippen molar-refractivity contribution < 1.29 is 0 Å². The molecule has 0 unspecified atom stereocenters. The van der Waals surface area contributed by atoms with Crippen molar-refractivity contribution in [2.45, 2.75) is 84.5 Å². The van der Waals surface area contributed by atoms with Crippen molar-refractivity contribution in [3.63, 3.8) is 0 Å². The number of anilines is 2.